The van der Waals surface area contributed by atoms with Crippen molar-refractivity contribution in [1.82, 2.24) is 0 Å². The number of rotatable bonds is 4. The Labute approximate surface area is 118 Å². The van der Waals surface area contributed by atoms with E-state index in [4.69, 9.17) is 5.73 Å². The molecule has 0 spiro atoms. The molecule has 3 unspecified atom stereocenters. The quantitative estimate of drug-likeness (QED) is 0.896. The molecule has 106 valence electrons. The van der Waals surface area contributed by atoms with E-state index in [0.29, 0.717) is 6.04 Å². The van der Waals surface area contributed by atoms with Crippen LogP contribution in [-0.2, 0) is 6.42 Å². The Bertz CT molecular complexity index is 402. The monoisotopic (exact) mass is 260 g/mol. The molecule has 0 saturated carbocycles. The highest BCUT2D eigenvalue weighted by Crippen LogP contribution is 2.30. The highest BCUT2D eigenvalue weighted by atomic mass is 15.2. The van der Waals surface area contributed by atoms with E-state index in [1.165, 1.54) is 30.6 Å². The Balaban J connectivity index is 2.19. The van der Waals surface area contributed by atoms with Gasteiger partial charge in [-0.1, -0.05) is 32.0 Å². The van der Waals surface area contributed by atoms with Crippen LogP contribution >= 0.6 is 0 Å². The fraction of sp³-hybridized carbons (Fsp3) is 0.647. The van der Waals surface area contributed by atoms with Crippen LogP contribution in [0.25, 0.3) is 0 Å². The molecule has 0 aliphatic carbocycles. The molecule has 0 bridgehead atoms. The van der Waals surface area contributed by atoms with Crippen molar-refractivity contribution < 1.29 is 0 Å². The van der Waals surface area contributed by atoms with Gasteiger partial charge < -0.3 is 10.6 Å². The van der Waals surface area contributed by atoms with E-state index in [1.807, 2.05) is 0 Å². The van der Waals surface area contributed by atoms with E-state index < -0.39 is 0 Å². The third-order valence-corrected chi connectivity index (χ3v) is 4.45. The number of anilines is 1. The van der Waals surface area contributed by atoms with E-state index in [2.05, 4.69) is 49.9 Å². The molecular formula is C17H28N2. The third-order valence-electron chi connectivity index (χ3n) is 4.45. The summed E-state index contributed by atoms with van der Waals surface area (Å²) in [6.07, 6.45) is 4.64. The van der Waals surface area contributed by atoms with Crippen molar-refractivity contribution in [2.75, 3.05) is 11.4 Å². The molecule has 1 saturated heterocycles. The van der Waals surface area contributed by atoms with Crippen LogP contribution < -0.4 is 10.6 Å². The highest BCUT2D eigenvalue weighted by molar-refractivity contribution is 5.55. The van der Waals surface area contributed by atoms with Gasteiger partial charge in [0.05, 0.1) is 0 Å². The standard InChI is InChI=1S/C17H28N2/c1-4-16(18)12-15-7-5-6-8-17(15)19-10-9-13(2)11-14(19)3/h5-8,13-14,16H,4,9-12,18H2,1-3H3. The molecular weight excluding hydrogens is 232 g/mol. The predicted molar refractivity (Wildman–Crippen MR) is 83.6 cm³/mol. The van der Waals surface area contributed by atoms with Crippen molar-refractivity contribution >= 4 is 5.69 Å². The SMILES string of the molecule is CCC(N)Cc1ccccc1N1CCC(C)CC1C. The van der Waals surface area contributed by atoms with Crippen LogP contribution in [-0.4, -0.2) is 18.6 Å². The van der Waals surface area contributed by atoms with Gasteiger partial charge in [0.1, 0.15) is 0 Å². The van der Waals surface area contributed by atoms with E-state index in [1.54, 1.807) is 0 Å². The van der Waals surface area contributed by atoms with Gasteiger partial charge >= 0.3 is 0 Å². The van der Waals surface area contributed by atoms with Crippen molar-refractivity contribution in [3.8, 4) is 0 Å². The Morgan fingerprint density at radius 3 is 2.74 bits per heavy atom. The van der Waals surface area contributed by atoms with Gasteiger partial charge in [-0.15, -0.1) is 0 Å². The summed E-state index contributed by atoms with van der Waals surface area (Å²) in [6.45, 7) is 8.07. The average Bonchev–Trinajstić information content (AvgIpc) is 2.40. The Kier molecular flexibility index (Phi) is 4.87. The Hall–Kier alpha value is -1.02. The van der Waals surface area contributed by atoms with Crippen LogP contribution in [0.5, 0.6) is 0 Å². The zero-order valence-electron chi connectivity index (χ0n) is 12.6. The van der Waals surface area contributed by atoms with Crippen LogP contribution in [0.3, 0.4) is 0 Å². The van der Waals surface area contributed by atoms with Crippen molar-refractivity contribution in [3.05, 3.63) is 29.8 Å². The molecule has 1 aliphatic heterocycles. The second kappa shape index (κ2) is 6.42. The zero-order chi connectivity index (χ0) is 13.8. The Morgan fingerprint density at radius 2 is 2.05 bits per heavy atom. The second-order valence-corrected chi connectivity index (χ2v) is 6.17. The molecule has 2 N–H and O–H groups in total. The largest absolute Gasteiger partial charge is 0.369 e. The maximum absolute atomic E-state index is 6.14. The number of hydrogen-bond acceptors (Lipinski definition) is 2. The van der Waals surface area contributed by atoms with Gasteiger partial charge in [-0.2, -0.15) is 0 Å². The van der Waals surface area contributed by atoms with Gasteiger partial charge in [0.2, 0.25) is 0 Å². The summed E-state index contributed by atoms with van der Waals surface area (Å²) >= 11 is 0. The van der Waals surface area contributed by atoms with Crippen molar-refractivity contribution in [1.29, 1.82) is 0 Å². The molecule has 1 aliphatic rings. The molecule has 0 radical (unpaired) electrons. The fourth-order valence-corrected chi connectivity index (χ4v) is 3.16. The first-order chi connectivity index (χ1) is 9.11. The number of piperidine rings is 1. The Morgan fingerprint density at radius 1 is 1.32 bits per heavy atom. The number of hydrogen-bond donors (Lipinski definition) is 1. The lowest BCUT2D eigenvalue weighted by atomic mass is 9.91. The van der Waals surface area contributed by atoms with Gasteiger partial charge in [0.15, 0.2) is 0 Å². The second-order valence-electron chi connectivity index (χ2n) is 6.17. The first-order valence-electron chi connectivity index (χ1n) is 7.72. The van der Waals surface area contributed by atoms with Crippen LogP contribution in [0.4, 0.5) is 5.69 Å². The predicted octanol–water partition coefficient (Wildman–Crippen LogP) is 3.59. The molecule has 0 amide bonds. The first kappa shape index (κ1) is 14.4. The molecule has 1 aromatic carbocycles. The maximum Gasteiger partial charge on any atom is 0.0401 e. The van der Waals surface area contributed by atoms with Crippen molar-refractivity contribution in [2.24, 2.45) is 11.7 Å². The molecule has 3 atom stereocenters. The normalized spacial score (nSPS) is 25.4. The van der Waals surface area contributed by atoms with E-state index in [-0.39, 0.29) is 6.04 Å². The summed E-state index contributed by atoms with van der Waals surface area (Å²) < 4.78 is 0. The van der Waals surface area contributed by atoms with Crippen LogP contribution in [0.2, 0.25) is 0 Å². The summed E-state index contributed by atoms with van der Waals surface area (Å²) in [4.78, 5) is 2.58. The van der Waals surface area contributed by atoms with Gasteiger partial charge in [-0.25, -0.2) is 0 Å². The van der Waals surface area contributed by atoms with E-state index in [0.717, 1.165) is 18.8 Å². The van der Waals surface area contributed by atoms with E-state index >= 15 is 0 Å². The summed E-state index contributed by atoms with van der Waals surface area (Å²) in [5.74, 6) is 0.858. The zero-order valence-corrected chi connectivity index (χ0v) is 12.6. The summed E-state index contributed by atoms with van der Waals surface area (Å²) in [5.41, 5.74) is 8.96. The lowest BCUT2D eigenvalue weighted by Crippen LogP contribution is -2.41. The van der Waals surface area contributed by atoms with Gasteiger partial charge in [0.25, 0.3) is 0 Å². The van der Waals surface area contributed by atoms with E-state index in [9.17, 15) is 0 Å². The number of para-hydroxylation sites is 1. The van der Waals surface area contributed by atoms with Crippen molar-refractivity contribution in [3.63, 3.8) is 0 Å². The molecule has 0 aromatic heterocycles. The van der Waals surface area contributed by atoms with Gasteiger partial charge in [-0.05, 0) is 50.2 Å². The van der Waals surface area contributed by atoms with Gasteiger partial charge in [-0.3, -0.25) is 0 Å². The average molecular weight is 260 g/mol. The molecule has 1 fully saturated rings. The highest BCUT2D eigenvalue weighted by Gasteiger charge is 2.24. The molecule has 2 heteroatoms. The number of benzene rings is 1. The van der Waals surface area contributed by atoms with Crippen LogP contribution in [0.1, 0.15) is 45.6 Å². The molecule has 19 heavy (non-hydrogen) atoms. The molecule has 2 nitrogen and oxygen atoms in total. The lowest BCUT2D eigenvalue weighted by Gasteiger charge is -2.39. The lowest BCUT2D eigenvalue weighted by molar-refractivity contribution is 0.377. The smallest absolute Gasteiger partial charge is 0.0401 e. The van der Waals surface area contributed by atoms with Crippen LogP contribution in [0.15, 0.2) is 24.3 Å². The summed E-state index contributed by atoms with van der Waals surface area (Å²) in [5, 5.41) is 0. The number of nitrogens with zero attached hydrogens (tertiary/aromatic N) is 1. The summed E-state index contributed by atoms with van der Waals surface area (Å²) in [7, 11) is 0. The maximum atomic E-state index is 6.14. The topological polar surface area (TPSA) is 29.3 Å². The third kappa shape index (κ3) is 3.50. The van der Waals surface area contributed by atoms with Gasteiger partial charge in [0, 0.05) is 24.3 Å². The number of nitrogens with two attached hydrogens (primary N) is 1. The first-order valence-corrected chi connectivity index (χ1v) is 7.72. The van der Waals surface area contributed by atoms with Crippen LogP contribution in [0, 0.1) is 5.92 Å². The molecule has 1 heterocycles. The minimum Gasteiger partial charge on any atom is -0.369 e. The molecule has 1 aromatic rings. The fourth-order valence-electron chi connectivity index (χ4n) is 3.16. The summed E-state index contributed by atoms with van der Waals surface area (Å²) in [6, 6.07) is 9.72. The molecule has 2 rings (SSSR count). The van der Waals surface area contributed by atoms with Crippen molar-refractivity contribution in [2.45, 2.75) is 58.5 Å². The minimum atomic E-state index is 0.278. The minimum absolute atomic E-state index is 0.278.